The highest BCUT2D eigenvalue weighted by Gasteiger charge is 2.04. The van der Waals surface area contributed by atoms with Crippen LogP contribution in [0.15, 0.2) is 62.9 Å². The second kappa shape index (κ2) is 10.8. The number of nitrogens with two attached hydrogens (primary N) is 1. The number of methoxy groups -OCH3 is 1. The largest absolute Gasteiger partial charge is 0.497 e. The van der Waals surface area contributed by atoms with E-state index in [1.165, 1.54) is 4.90 Å². The zero-order chi connectivity index (χ0) is 16.7. The van der Waals surface area contributed by atoms with Crippen LogP contribution >= 0.6 is 51.7 Å². The summed E-state index contributed by atoms with van der Waals surface area (Å²) in [7, 11) is 1.64. The number of aliphatic imine (C=N–C) groups is 1. The van der Waals surface area contributed by atoms with Crippen LogP contribution in [0.3, 0.4) is 0 Å². The smallest absolute Gasteiger partial charge is 0.193 e. The molecule has 130 valence electrons. The van der Waals surface area contributed by atoms with Crippen LogP contribution in [0.2, 0.25) is 0 Å². The number of anilines is 1. The summed E-state index contributed by atoms with van der Waals surface area (Å²) in [5.41, 5.74) is 6.80. The van der Waals surface area contributed by atoms with Crippen LogP contribution < -0.4 is 15.8 Å². The summed E-state index contributed by atoms with van der Waals surface area (Å²) in [6.07, 6.45) is 0. The first-order valence-electron chi connectivity index (χ1n) is 7.20. The Kier molecular flexibility index (Phi) is 9.53. The molecule has 0 aliphatic rings. The third-order valence-corrected chi connectivity index (χ3v) is 4.64. The Morgan fingerprint density at radius 1 is 1.29 bits per heavy atom. The molecule has 0 amide bonds. The summed E-state index contributed by atoms with van der Waals surface area (Å²) in [4.78, 5) is 5.62. The van der Waals surface area contributed by atoms with E-state index in [1.807, 2.05) is 36.4 Å². The van der Waals surface area contributed by atoms with Crippen molar-refractivity contribution in [2.45, 2.75) is 17.1 Å². The van der Waals surface area contributed by atoms with Crippen molar-refractivity contribution in [3.05, 3.63) is 53.0 Å². The molecule has 0 heterocycles. The summed E-state index contributed by atoms with van der Waals surface area (Å²) < 4.78 is 6.26. The SMILES string of the molecule is COc1cccc(NC(N)=NCC(C)Sc2ccc(Br)cc2)c1.I. The molecule has 3 N–H and O–H groups in total. The van der Waals surface area contributed by atoms with Crippen LogP contribution in [-0.4, -0.2) is 24.9 Å². The predicted molar refractivity (Wildman–Crippen MR) is 118 cm³/mol. The molecule has 0 aromatic heterocycles. The molecule has 0 saturated carbocycles. The second-order valence-electron chi connectivity index (χ2n) is 4.97. The minimum absolute atomic E-state index is 0. The fourth-order valence-electron chi connectivity index (χ4n) is 1.90. The van der Waals surface area contributed by atoms with Gasteiger partial charge in [0, 0.05) is 26.4 Å². The topological polar surface area (TPSA) is 59.6 Å². The van der Waals surface area contributed by atoms with Gasteiger partial charge in [0.2, 0.25) is 0 Å². The van der Waals surface area contributed by atoms with Crippen LogP contribution in [0.5, 0.6) is 5.75 Å². The predicted octanol–water partition coefficient (Wildman–Crippen LogP) is 4.98. The Morgan fingerprint density at radius 3 is 2.67 bits per heavy atom. The van der Waals surface area contributed by atoms with Crippen molar-refractivity contribution in [1.82, 2.24) is 0 Å². The number of guanidine groups is 1. The van der Waals surface area contributed by atoms with E-state index in [0.29, 0.717) is 17.8 Å². The van der Waals surface area contributed by atoms with Gasteiger partial charge >= 0.3 is 0 Å². The number of ether oxygens (including phenoxy) is 1. The third kappa shape index (κ3) is 7.31. The Balaban J connectivity index is 0.00000288. The van der Waals surface area contributed by atoms with Crippen LogP contribution in [0, 0.1) is 0 Å². The van der Waals surface area contributed by atoms with Gasteiger partial charge < -0.3 is 15.8 Å². The highest BCUT2D eigenvalue weighted by molar-refractivity contribution is 14.0. The first kappa shape index (κ1) is 21.1. The van der Waals surface area contributed by atoms with E-state index in [9.17, 15) is 0 Å². The van der Waals surface area contributed by atoms with Gasteiger partial charge in [0.05, 0.1) is 13.7 Å². The van der Waals surface area contributed by atoms with Crippen molar-refractivity contribution in [1.29, 1.82) is 0 Å². The number of hydrogen-bond acceptors (Lipinski definition) is 3. The summed E-state index contributed by atoms with van der Waals surface area (Å²) in [6, 6.07) is 15.8. The van der Waals surface area contributed by atoms with E-state index < -0.39 is 0 Å². The maximum absolute atomic E-state index is 5.94. The number of rotatable bonds is 6. The quantitative estimate of drug-likeness (QED) is 0.243. The fourth-order valence-corrected chi connectivity index (χ4v) is 3.07. The molecule has 1 unspecified atom stereocenters. The molecule has 0 aliphatic carbocycles. The van der Waals surface area contributed by atoms with Crippen molar-refractivity contribution in [2.75, 3.05) is 19.0 Å². The molecule has 0 bridgehead atoms. The Bertz CT molecular complexity index is 667. The Hall–Kier alpha value is -0.930. The summed E-state index contributed by atoms with van der Waals surface area (Å²) >= 11 is 5.21. The molecule has 0 spiro atoms. The average Bonchev–Trinajstić information content (AvgIpc) is 2.55. The van der Waals surface area contributed by atoms with E-state index in [-0.39, 0.29) is 24.0 Å². The van der Waals surface area contributed by atoms with Gasteiger partial charge in [0.25, 0.3) is 0 Å². The van der Waals surface area contributed by atoms with Gasteiger partial charge in [-0.1, -0.05) is 28.9 Å². The van der Waals surface area contributed by atoms with Crippen molar-refractivity contribution in [2.24, 2.45) is 10.7 Å². The summed E-state index contributed by atoms with van der Waals surface area (Å²) in [6.45, 7) is 2.78. The van der Waals surface area contributed by atoms with Crippen molar-refractivity contribution in [3.63, 3.8) is 0 Å². The molecule has 7 heteroatoms. The van der Waals surface area contributed by atoms with Crippen LogP contribution in [0.4, 0.5) is 5.69 Å². The Morgan fingerprint density at radius 2 is 2.00 bits per heavy atom. The minimum atomic E-state index is 0. The average molecular weight is 522 g/mol. The van der Waals surface area contributed by atoms with Gasteiger partial charge in [-0.05, 0) is 36.4 Å². The molecule has 0 aliphatic heterocycles. The molecule has 1 atom stereocenters. The van der Waals surface area contributed by atoms with Crippen molar-refractivity contribution >= 4 is 63.3 Å². The number of benzene rings is 2. The first-order valence-corrected chi connectivity index (χ1v) is 8.87. The van der Waals surface area contributed by atoms with Gasteiger partial charge in [0.1, 0.15) is 5.75 Å². The van der Waals surface area contributed by atoms with E-state index in [1.54, 1.807) is 18.9 Å². The number of nitrogens with one attached hydrogen (secondary N) is 1. The van der Waals surface area contributed by atoms with Gasteiger partial charge in [0.15, 0.2) is 5.96 Å². The normalized spacial score (nSPS) is 12.2. The molecule has 2 aromatic carbocycles. The number of nitrogens with zero attached hydrogens (tertiary/aromatic N) is 1. The molecular formula is C17H21BrIN3OS. The van der Waals surface area contributed by atoms with E-state index in [4.69, 9.17) is 10.5 Å². The van der Waals surface area contributed by atoms with Crippen molar-refractivity contribution in [3.8, 4) is 5.75 Å². The molecular weight excluding hydrogens is 501 g/mol. The molecule has 0 saturated heterocycles. The highest BCUT2D eigenvalue weighted by atomic mass is 127. The molecule has 2 rings (SSSR count). The van der Waals surface area contributed by atoms with E-state index >= 15 is 0 Å². The van der Waals surface area contributed by atoms with Gasteiger partial charge in [-0.3, -0.25) is 4.99 Å². The molecule has 0 radical (unpaired) electrons. The standard InChI is InChI=1S/C17H20BrN3OS.HI/c1-12(23-16-8-6-13(18)7-9-16)11-20-17(19)21-14-4-3-5-15(10-14)22-2;/h3-10,12H,11H2,1-2H3,(H3,19,20,21);1H. The Labute approximate surface area is 172 Å². The zero-order valence-corrected chi connectivity index (χ0v) is 18.3. The molecule has 24 heavy (non-hydrogen) atoms. The lowest BCUT2D eigenvalue weighted by Gasteiger charge is -2.10. The molecule has 0 fully saturated rings. The number of halogens is 2. The van der Waals surface area contributed by atoms with Gasteiger partial charge in [-0.25, -0.2) is 0 Å². The van der Waals surface area contributed by atoms with Crippen molar-refractivity contribution < 1.29 is 4.74 Å². The number of thioether (sulfide) groups is 1. The third-order valence-electron chi connectivity index (χ3n) is 3.01. The lowest BCUT2D eigenvalue weighted by atomic mass is 10.3. The summed E-state index contributed by atoms with van der Waals surface area (Å²) in [5.74, 6) is 1.18. The van der Waals surface area contributed by atoms with Gasteiger partial charge in [-0.15, -0.1) is 35.7 Å². The highest BCUT2D eigenvalue weighted by Crippen LogP contribution is 2.25. The lowest BCUT2D eigenvalue weighted by molar-refractivity contribution is 0.415. The fraction of sp³-hybridized carbons (Fsp3) is 0.235. The maximum Gasteiger partial charge on any atom is 0.193 e. The van der Waals surface area contributed by atoms with Crippen LogP contribution in [-0.2, 0) is 0 Å². The van der Waals surface area contributed by atoms with Gasteiger partial charge in [-0.2, -0.15) is 0 Å². The first-order chi connectivity index (χ1) is 11.1. The summed E-state index contributed by atoms with van der Waals surface area (Å²) in [5, 5.41) is 3.41. The van der Waals surface area contributed by atoms with Crippen LogP contribution in [0.25, 0.3) is 0 Å². The van der Waals surface area contributed by atoms with E-state index in [2.05, 4.69) is 45.3 Å². The monoisotopic (exact) mass is 521 g/mol. The lowest BCUT2D eigenvalue weighted by Crippen LogP contribution is -2.23. The number of hydrogen-bond donors (Lipinski definition) is 2. The molecule has 4 nitrogen and oxygen atoms in total. The second-order valence-corrected chi connectivity index (χ2v) is 7.39. The minimum Gasteiger partial charge on any atom is -0.497 e. The maximum atomic E-state index is 5.94. The van der Waals surface area contributed by atoms with Crippen LogP contribution in [0.1, 0.15) is 6.92 Å². The van der Waals surface area contributed by atoms with E-state index in [0.717, 1.165) is 15.9 Å². The molecule has 2 aromatic rings. The zero-order valence-electron chi connectivity index (χ0n) is 13.5.